The minimum atomic E-state index is -0.686. The summed E-state index contributed by atoms with van der Waals surface area (Å²) < 4.78 is 18.8. The van der Waals surface area contributed by atoms with E-state index in [0.29, 0.717) is 5.56 Å². The molecule has 0 fully saturated rings. The Balaban J connectivity index is 2.33. The number of halogens is 1. The van der Waals surface area contributed by atoms with E-state index in [1.165, 1.54) is 6.07 Å². The van der Waals surface area contributed by atoms with E-state index >= 15 is 0 Å². The van der Waals surface area contributed by atoms with Crippen molar-refractivity contribution in [2.45, 2.75) is 39.0 Å². The van der Waals surface area contributed by atoms with Gasteiger partial charge in [0.05, 0.1) is 12.3 Å². The molecule has 1 aliphatic heterocycles. The van der Waals surface area contributed by atoms with Gasteiger partial charge in [0.25, 0.3) is 5.91 Å². The maximum absolute atomic E-state index is 13.7. The van der Waals surface area contributed by atoms with Gasteiger partial charge in [-0.1, -0.05) is 27.2 Å². The fourth-order valence-electron chi connectivity index (χ4n) is 2.55. The predicted octanol–water partition coefficient (Wildman–Crippen LogP) is 3.08. The van der Waals surface area contributed by atoms with Gasteiger partial charge in [-0.2, -0.15) is 0 Å². The van der Waals surface area contributed by atoms with Gasteiger partial charge in [-0.3, -0.25) is 4.79 Å². The highest BCUT2D eigenvalue weighted by molar-refractivity contribution is 6.05. The van der Waals surface area contributed by atoms with E-state index in [4.69, 9.17) is 10.5 Å². The molecule has 2 amide bonds. The molecule has 1 heterocycles. The molecular formula is C16H21FN2O3. The van der Waals surface area contributed by atoms with Crippen molar-refractivity contribution in [2.24, 2.45) is 0 Å². The lowest BCUT2D eigenvalue weighted by molar-refractivity contribution is 0.0586. The fraction of sp³-hybridized carbons (Fsp3) is 0.500. The second-order valence-electron chi connectivity index (χ2n) is 6.16. The molecule has 0 unspecified atom stereocenters. The summed E-state index contributed by atoms with van der Waals surface area (Å²) in [5.41, 5.74) is 5.88. The van der Waals surface area contributed by atoms with Crippen molar-refractivity contribution >= 4 is 17.7 Å². The van der Waals surface area contributed by atoms with Crippen molar-refractivity contribution in [2.75, 3.05) is 18.9 Å². The van der Waals surface area contributed by atoms with Crippen LogP contribution in [0.3, 0.4) is 0 Å². The summed E-state index contributed by atoms with van der Waals surface area (Å²) in [6, 6.07) is 2.57. The van der Waals surface area contributed by atoms with E-state index in [-0.39, 0.29) is 24.4 Å². The average molecular weight is 308 g/mol. The van der Waals surface area contributed by atoms with E-state index in [1.54, 1.807) is 0 Å². The topological polar surface area (TPSA) is 72.6 Å². The minimum absolute atomic E-state index is 0.00130. The van der Waals surface area contributed by atoms with Crippen LogP contribution >= 0.6 is 0 Å². The van der Waals surface area contributed by atoms with Gasteiger partial charge in [0.2, 0.25) is 0 Å². The Bertz CT molecular complexity index is 614. The van der Waals surface area contributed by atoms with Crippen molar-refractivity contribution in [3.63, 3.8) is 0 Å². The van der Waals surface area contributed by atoms with Crippen molar-refractivity contribution in [1.29, 1.82) is 0 Å². The molecule has 1 aromatic carbocycles. The zero-order valence-electron chi connectivity index (χ0n) is 13.1. The third kappa shape index (κ3) is 2.91. The molecule has 22 heavy (non-hydrogen) atoms. The zero-order chi connectivity index (χ0) is 16.5. The SMILES string of the molecule is CCCCOC(=O)N1CC(C)(C)c2cc(N)c(F)cc2C1=O. The van der Waals surface area contributed by atoms with Gasteiger partial charge in [-0.15, -0.1) is 0 Å². The van der Waals surface area contributed by atoms with Crippen molar-refractivity contribution < 1.29 is 18.7 Å². The van der Waals surface area contributed by atoms with E-state index in [9.17, 15) is 14.0 Å². The number of hydrogen-bond donors (Lipinski definition) is 1. The highest BCUT2D eigenvalue weighted by Gasteiger charge is 2.40. The van der Waals surface area contributed by atoms with Crippen LogP contribution in [0, 0.1) is 5.82 Å². The zero-order valence-corrected chi connectivity index (χ0v) is 13.1. The molecule has 0 bridgehead atoms. The van der Waals surface area contributed by atoms with E-state index in [1.807, 2.05) is 20.8 Å². The molecule has 1 aliphatic rings. The molecule has 0 atom stereocenters. The molecule has 0 spiro atoms. The molecule has 0 aromatic heterocycles. The summed E-state index contributed by atoms with van der Waals surface area (Å²) in [5, 5.41) is 0. The van der Waals surface area contributed by atoms with Gasteiger partial charge in [0.1, 0.15) is 5.82 Å². The van der Waals surface area contributed by atoms with Crippen LogP contribution in [-0.2, 0) is 10.2 Å². The standard InChI is InChI=1S/C16H21FN2O3/c1-4-5-6-22-15(21)19-9-16(2,3)11-8-13(18)12(17)7-10(11)14(19)20/h7-8H,4-6,9,18H2,1-3H3. The lowest BCUT2D eigenvalue weighted by atomic mass is 9.78. The van der Waals surface area contributed by atoms with Gasteiger partial charge >= 0.3 is 6.09 Å². The fourth-order valence-corrected chi connectivity index (χ4v) is 2.55. The van der Waals surface area contributed by atoms with Crippen LogP contribution in [0.15, 0.2) is 12.1 Å². The number of carbonyl (C=O) groups excluding carboxylic acids is 2. The molecule has 120 valence electrons. The van der Waals surface area contributed by atoms with Crippen LogP contribution in [0.4, 0.5) is 14.9 Å². The lowest BCUT2D eigenvalue weighted by Crippen LogP contribution is -2.49. The van der Waals surface area contributed by atoms with E-state index in [2.05, 4.69) is 0 Å². The van der Waals surface area contributed by atoms with E-state index in [0.717, 1.165) is 23.8 Å². The Hall–Kier alpha value is -2.11. The molecule has 0 saturated heterocycles. The molecular weight excluding hydrogens is 287 g/mol. The number of imide groups is 1. The minimum Gasteiger partial charge on any atom is -0.449 e. The molecule has 6 heteroatoms. The van der Waals surface area contributed by atoms with Gasteiger partial charge in [-0.05, 0) is 24.1 Å². The quantitative estimate of drug-likeness (QED) is 0.688. The van der Waals surface area contributed by atoms with E-state index < -0.39 is 23.2 Å². The lowest BCUT2D eigenvalue weighted by Gasteiger charge is -2.37. The Labute approximate surface area is 129 Å². The van der Waals surface area contributed by atoms with Gasteiger partial charge in [0, 0.05) is 17.5 Å². The smallest absolute Gasteiger partial charge is 0.416 e. The number of fused-ring (bicyclic) bond motifs is 1. The van der Waals surface area contributed by atoms with Crippen LogP contribution in [0.25, 0.3) is 0 Å². The number of benzene rings is 1. The molecule has 5 nitrogen and oxygen atoms in total. The Morgan fingerprint density at radius 3 is 2.77 bits per heavy atom. The van der Waals surface area contributed by atoms with Crippen molar-refractivity contribution in [3.8, 4) is 0 Å². The van der Waals surface area contributed by atoms with Crippen LogP contribution in [0.5, 0.6) is 0 Å². The second-order valence-corrected chi connectivity index (χ2v) is 6.16. The molecule has 2 rings (SSSR count). The van der Waals surface area contributed by atoms with Gasteiger partial charge in [-0.25, -0.2) is 14.1 Å². The van der Waals surface area contributed by atoms with Crippen molar-refractivity contribution in [1.82, 2.24) is 4.90 Å². The Morgan fingerprint density at radius 1 is 1.45 bits per heavy atom. The molecule has 0 radical (unpaired) electrons. The number of rotatable bonds is 3. The maximum atomic E-state index is 13.7. The molecule has 0 aliphatic carbocycles. The summed E-state index contributed by atoms with van der Waals surface area (Å²) in [4.78, 5) is 25.6. The number of carbonyl (C=O) groups is 2. The third-order valence-corrected chi connectivity index (χ3v) is 3.84. The second kappa shape index (κ2) is 5.94. The van der Waals surface area contributed by atoms with Gasteiger partial charge < -0.3 is 10.5 Å². The highest BCUT2D eigenvalue weighted by Crippen LogP contribution is 2.35. The molecule has 2 N–H and O–H groups in total. The highest BCUT2D eigenvalue weighted by atomic mass is 19.1. The number of anilines is 1. The number of unbranched alkanes of at least 4 members (excludes halogenated alkanes) is 1. The summed E-state index contributed by atoms with van der Waals surface area (Å²) in [6.07, 6.45) is 0.938. The Kier molecular flexibility index (Phi) is 4.39. The third-order valence-electron chi connectivity index (χ3n) is 3.84. The van der Waals surface area contributed by atoms with Crippen LogP contribution < -0.4 is 5.73 Å². The Morgan fingerprint density at radius 2 is 2.14 bits per heavy atom. The maximum Gasteiger partial charge on any atom is 0.416 e. The van der Waals surface area contributed by atoms with Crippen LogP contribution in [0.1, 0.15) is 49.5 Å². The molecule has 0 saturated carbocycles. The van der Waals surface area contributed by atoms with Crippen molar-refractivity contribution in [3.05, 3.63) is 29.1 Å². The number of nitrogen functional groups attached to an aromatic ring is 1. The number of ether oxygens (including phenoxy) is 1. The first kappa shape index (κ1) is 16.3. The monoisotopic (exact) mass is 308 g/mol. The largest absolute Gasteiger partial charge is 0.449 e. The number of hydrogen-bond acceptors (Lipinski definition) is 4. The summed E-state index contributed by atoms with van der Waals surface area (Å²) >= 11 is 0. The average Bonchev–Trinajstić information content (AvgIpc) is 2.45. The van der Waals surface area contributed by atoms with Gasteiger partial charge in [0.15, 0.2) is 0 Å². The summed E-state index contributed by atoms with van der Waals surface area (Å²) in [5.74, 6) is -1.21. The number of nitrogens with two attached hydrogens (primary N) is 1. The number of amides is 2. The number of nitrogens with zero attached hydrogens (tertiary/aromatic N) is 1. The first-order chi connectivity index (χ1) is 10.3. The van der Waals surface area contributed by atoms with Crippen LogP contribution in [-0.4, -0.2) is 30.1 Å². The first-order valence-electron chi connectivity index (χ1n) is 7.36. The summed E-state index contributed by atoms with van der Waals surface area (Å²) in [7, 11) is 0. The normalized spacial score (nSPS) is 16.4. The van der Waals surface area contributed by atoms with Crippen LogP contribution in [0.2, 0.25) is 0 Å². The first-order valence-corrected chi connectivity index (χ1v) is 7.36. The predicted molar refractivity (Wildman–Crippen MR) is 81.1 cm³/mol. The summed E-state index contributed by atoms with van der Waals surface area (Å²) in [6.45, 7) is 6.17. The molecule has 1 aromatic rings.